The lowest BCUT2D eigenvalue weighted by molar-refractivity contribution is 0.642. The molecule has 0 aromatic carbocycles. The predicted molar refractivity (Wildman–Crippen MR) is 94.4 cm³/mol. The van der Waals surface area contributed by atoms with Crippen LogP contribution in [0.2, 0.25) is 0 Å². The Morgan fingerprint density at radius 1 is 1.04 bits per heavy atom. The summed E-state index contributed by atoms with van der Waals surface area (Å²) in [5.74, 6) is 1.80. The van der Waals surface area contributed by atoms with Crippen molar-refractivity contribution in [2.75, 3.05) is 36.0 Å². The Morgan fingerprint density at radius 3 is 2.52 bits per heavy atom. The Balaban J connectivity index is 1.52. The molecule has 0 radical (unpaired) electrons. The lowest BCUT2D eigenvalue weighted by atomic mass is 10.2. The number of imidazole rings is 1. The number of anilines is 2. The van der Waals surface area contributed by atoms with Crippen molar-refractivity contribution in [3.05, 3.63) is 36.5 Å². The SMILES string of the molecule is CCn1cnc2c(N3CCN(c4ccc(C#N)cn4)CC3)ncnc21. The number of hydrogen-bond donors (Lipinski definition) is 0. The number of aromatic nitrogens is 5. The molecule has 3 aromatic heterocycles. The maximum Gasteiger partial charge on any atom is 0.165 e. The molecule has 25 heavy (non-hydrogen) atoms. The van der Waals surface area contributed by atoms with E-state index in [1.165, 1.54) is 0 Å². The van der Waals surface area contributed by atoms with E-state index < -0.39 is 0 Å². The van der Waals surface area contributed by atoms with Crippen LogP contribution in [0, 0.1) is 11.3 Å². The second-order valence-electron chi connectivity index (χ2n) is 5.89. The minimum absolute atomic E-state index is 0.581. The molecule has 8 nitrogen and oxygen atoms in total. The molecule has 4 heterocycles. The number of fused-ring (bicyclic) bond motifs is 1. The van der Waals surface area contributed by atoms with Gasteiger partial charge in [-0.05, 0) is 19.1 Å². The van der Waals surface area contributed by atoms with Gasteiger partial charge in [0.25, 0.3) is 0 Å². The molecule has 126 valence electrons. The summed E-state index contributed by atoms with van der Waals surface area (Å²) in [6.07, 6.45) is 5.05. The zero-order chi connectivity index (χ0) is 17.2. The summed E-state index contributed by atoms with van der Waals surface area (Å²) in [6.45, 7) is 6.29. The highest BCUT2D eigenvalue weighted by Crippen LogP contribution is 2.23. The van der Waals surface area contributed by atoms with Gasteiger partial charge in [-0.3, -0.25) is 0 Å². The van der Waals surface area contributed by atoms with E-state index in [1.54, 1.807) is 18.6 Å². The molecule has 0 bridgehead atoms. The molecule has 0 spiro atoms. The second-order valence-corrected chi connectivity index (χ2v) is 5.89. The summed E-state index contributed by atoms with van der Waals surface area (Å²) in [5, 5.41) is 8.88. The smallest absolute Gasteiger partial charge is 0.165 e. The van der Waals surface area contributed by atoms with Crippen LogP contribution in [-0.2, 0) is 6.54 Å². The summed E-state index contributed by atoms with van der Waals surface area (Å²) in [6, 6.07) is 5.81. The van der Waals surface area contributed by atoms with Crippen molar-refractivity contribution in [3.63, 3.8) is 0 Å². The molecule has 1 fully saturated rings. The first-order valence-corrected chi connectivity index (χ1v) is 8.32. The van der Waals surface area contributed by atoms with Crippen molar-refractivity contribution in [3.8, 4) is 6.07 Å². The zero-order valence-corrected chi connectivity index (χ0v) is 14.0. The van der Waals surface area contributed by atoms with Gasteiger partial charge in [-0.15, -0.1) is 0 Å². The van der Waals surface area contributed by atoms with Crippen molar-refractivity contribution in [1.82, 2.24) is 24.5 Å². The molecule has 0 N–H and O–H groups in total. The van der Waals surface area contributed by atoms with Crippen LogP contribution in [0.1, 0.15) is 12.5 Å². The van der Waals surface area contributed by atoms with E-state index in [0.717, 1.165) is 55.5 Å². The van der Waals surface area contributed by atoms with Crippen LogP contribution < -0.4 is 9.80 Å². The molecule has 1 saturated heterocycles. The van der Waals surface area contributed by atoms with E-state index >= 15 is 0 Å². The van der Waals surface area contributed by atoms with Gasteiger partial charge in [0.2, 0.25) is 0 Å². The monoisotopic (exact) mass is 334 g/mol. The molecule has 1 aliphatic heterocycles. The number of rotatable bonds is 3. The van der Waals surface area contributed by atoms with Crippen molar-refractivity contribution < 1.29 is 0 Å². The van der Waals surface area contributed by atoms with Crippen LogP contribution in [0.5, 0.6) is 0 Å². The van der Waals surface area contributed by atoms with Gasteiger partial charge in [0, 0.05) is 38.9 Å². The molecule has 8 heteroatoms. The summed E-state index contributed by atoms with van der Waals surface area (Å²) >= 11 is 0. The summed E-state index contributed by atoms with van der Waals surface area (Å²) in [4.78, 5) is 22.2. The number of aryl methyl sites for hydroxylation is 1. The van der Waals surface area contributed by atoms with Crippen molar-refractivity contribution in [2.24, 2.45) is 0 Å². The average molecular weight is 334 g/mol. The first kappa shape index (κ1) is 15.3. The van der Waals surface area contributed by atoms with Gasteiger partial charge in [-0.25, -0.2) is 19.9 Å². The summed E-state index contributed by atoms with van der Waals surface area (Å²) in [5.41, 5.74) is 2.32. The lowest BCUT2D eigenvalue weighted by Crippen LogP contribution is -2.47. The minimum Gasteiger partial charge on any atom is -0.353 e. The summed E-state index contributed by atoms with van der Waals surface area (Å²) in [7, 11) is 0. The maximum absolute atomic E-state index is 8.88. The predicted octanol–water partition coefficient (Wildman–Crippen LogP) is 1.44. The number of nitrogens with zero attached hydrogens (tertiary/aromatic N) is 8. The van der Waals surface area contributed by atoms with Crippen molar-refractivity contribution >= 4 is 22.8 Å². The quantitative estimate of drug-likeness (QED) is 0.716. The number of nitriles is 1. The van der Waals surface area contributed by atoms with Crippen LogP contribution in [0.4, 0.5) is 11.6 Å². The first-order valence-electron chi connectivity index (χ1n) is 8.32. The Labute approximate surface area is 145 Å². The highest BCUT2D eigenvalue weighted by atomic mass is 15.3. The normalized spacial score (nSPS) is 14.7. The van der Waals surface area contributed by atoms with Gasteiger partial charge in [0.05, 0.1) is 11.9 Å². The second kappa shape index (κ2) is 6.36. The molecule has 3 aromatic rings. The Kier molecular flexibility index (Phi) is 3.90. The molecule has 1 aliphatic rings. The Morgan fingerprint density at radius 2 is 1.84 bits per heavy atom. The van der Waals surface area contributed by atoms with Crippen molar-refractivity contribution in [1.29, 1.82) is 5.26 Å². The fourth-order valence-electron chi connectivity index (χ4n) is 3.12. The largest absolute Gasteiger partial charge is 0.353 e. The lowest BCUT2D eigenvalue weighted by Gasteiger charge is -2.36. The molecular formula is C17H18N8. The fraction of sp³-hybridized carbons (Fsp3) is 0.353. The highest BCUT2D eigenvalue weighted by Gasteiger charge is 2.22. The topological polar surface area (TPSA) is 86.8 Å². The molecule has 0 atom stereocenters. The van der Waals surface area contributed by atoms with E-state index in [9.17, 15) is 0 Å². The molecule has 0 unspecified atom stereocenters. The van der Waals surface area contributed by atoms with Crippen molar-refractivity contribution in [2.45, 2.75) is 13.5 Å². The Bertz CT molecular complexity index is 916. The molecule has 4 rings (SSSR count). The van der Waals surface area contributed by atoms with Gasteiger partial charge < -0.3 is 14.4 Å². The third kappa shape index (κ3) is 2.74. The van der Waals surface area contributed by atoms with Crippen LogP contribution in [0.3, 0.4) is 0 Å². The van der Waals surface area contributed by atoms with Gasteiger partial charge in [0.1, 0.15) is 18.2 Å². The van der Waals surface area contributed by atoms with Gasteiger partial charge in [0.15, 0.2) is 17.0 Å². The van der Waals surface area contributed by atoms with Gasteiger partial charge in [-0.2, -0.15) is 5.26 Å². The molecule has 0 amide bonds. The van der Waals surface area contributed by atoms with E-state index in [4.69, 9.17) is 5.26 Å². The Hall–Kier alpha value is -3.21. The van der Waals surface area contributed by atoms with E-state index in [2.05, 4.69) is 42.7 Å². The van der Waals surface area contributed by atoms with Gasteiger partial charge in [-0.1, -0.05) is 0 Å². The first-order chi connectivity index (χ1) is 12.3. The van der Waals surface area contributed by atoms with Gasteiger partial charge >= 0.3 is 0 Å². The molecule has 0 aliphatic carbocycles. The minimum atomic E-state index is 0.581. The zero-order valence-electron chi connectivity index (χ0n) is 14.0. The number of hydrogen-bond acceptors (Lipinski definition) is 7. The highest BCUT2D eigenvalue weighted by molar-refractivity contribution is 5.83. The maximum atomic E-state index is 8.88. The number of piperazine rings is 1. The molecule has 0 saturated carbocycles. The van der Waals surface area contributed by atoms with Crippen LogP contribution in [0.15, 0.2) is 31.0 Å². The average Bonchev–Trinajstić information content (AvgIpc) is 3.11. The third-order valence-corrected chi connectivity index (χ3v) is 4.50. The standard InChI is InChI=1S/C17H18N8/c1-2-23-12-22-15-16(23)20-11-21-17(15)25-7-5-24(6-8-25)14-4-3-13(9-18)10-19-14/h3-4,10-12H,2,5-8H2,1H3. The van der Waals surface area contributed by atoms with Crippen LogP contribution in [0.25, 0.3) is 11.2 Å². The van der Waals surface area contributed by atoms with E-state index in [-0.39, 0.29) is 0 Å². The summed E-state index contributed by atoms with van der Waals surface area (Å²) < 4.78 is 2.03. The fourth-order valence-corrected chi connectivity index (χ4v) is 3.12. The van der Waals surface area contributed by atoms with Crippen LogP contribution in [-0.4, -0.2) is 50.7 Å². The number of pyridine rings is 1. The van der Waals surface area contributed by atoms with E-state index in [0.29, 0.717) is 5.56 Å². The third-order valence-electron chi connectivity index (χ3n) is 4.50. The van der Waals surface area contributed by atoms with E-state index in [1.807, 2.05) is 17.0 Å². The molecular weight excluding hydrogens is 316 g/mol. The van der Waals surface area contributed by atoms with Crippen LogP contribution >= 0.6 is 0 Å².